The summed E-state index contributed by atoms with van der Waals surface area (Å²) in [4.78, 5) is 20.1. The molecule has 2 N–H and O–H groups in total. The number of hydrogen-bond acceptors (Lipinski definition) is 5. The highest BCUT2D eigenvalue weighted by Crippen LogP contribution is 1.88. The molecule has 1 unspecified atom stereocenters. The average molecular weight is 178 g/mol. The molecule has 0 spiro atoms. The van der Waals surface area contributed by atoms with Crippen LogP contribution in [0.3, 0.4) is 0 Å². The largest absolute Gasteiger partial charge is 0.480 e. The van der Waals surface area contributed by atoms with Gasteiger partial charge in [0, 0.05) is 6.92 Å². The first kappa shape index (κ1) is 10.9. The molecule has 6 heteroatoms. The van der Waals surface area contributed by atoms with Crippen LogP contribution in [0.25, 0.3) is 0 Å². The fourth-order valence-electron chi connectivity index (χ4n) is 0.404. The van der Waals surface area contributed by atoms with Crippen LogP contribution in [0, 0.1) is 0 Å². The van der Waals surface area contributed by atoms with E-state index in [1.54, 1.807) is 0 Å². The van der Waals surface area contributed by atoms with Crippen LogP contribution in [0.15, 0.2) is 0 Å². The second-order valence-electron chi connectivity index (χ2n) is 1.96. The van der Waals surface area contributed by atoms with E-state index >= 15 is 0 Å². The van der Waals surface area contributed by atoms with Crippen LogP contribution < -0.4 is 0 Å². The lowest BCUT2D eigenvalue weighted by Crippen LogP contribution is -2.23. The van der Waals surface area contributed by atoms with Gasteiger partial charge in [-0.15, -0.1) is 0 Å². The number of carboxylic acid groups (broad SMARTS) is 1. The van der Waals surface area contributed by atoms with Crippen LogP contribution >= 0.6 is 0 Å². The van der Waals surface area contributed by atoms with Gasteiger partial charge in [-0.3, -0.25) is 4.79 Å². The molecule has 0 fully saturated rings. The third kappa shape index (κ3) is 6.97. The lowest BCUT2D eigenvalue weighted by atomic mass is 10.6. The SMILES string of the molecule is CC(=O)OCC(O)OCC(=O)O. The quantitative estimate of drug-likeness (QED) is 0.413. The summed E-state index contributed by atoms with van der Waals surface area (Å²) in [6.45, 7) is 0.189. The Morgan fingerprint density at radius 1 is 1.50 bits per heavy atom. The van der Waals surface area contributed by atoms with Crippen molar-refractivity contribution in [2.75, 3.05) is 13.2 Å². The molecule has 0 amide bonds. The molecule has 70 valence electrons. The minimum atomic E-state index is -1.38. The number of ether oxygens (including phenoxy) is 2. The normalized spacial score (nSPS) is 12.2. The van der Waals surface area contributed by atoms with Crippen molar-refractivity contribution in [1.29, 1.82) is 0 Å². The van der Waals surface area contributed by atoms with E-state index in [9.17, 15) is 9.59 Å². The van der Waals surface area contributed by atoms with E-state index in [0.29, 0.717) is 0 Å². The number of aliphatic carboxylic acids is 1. The van der Waals surface area contributed by atoms with Crippen LogP contribution in [-0.4, -0.2) is 41.7 Å². The predicted molar refractivity (Wildman–Crippen MR) is 36.2 cm³/mol. The van der Waals surface area contributed by atoms with Crippen LogP contribution in [0.5, 0.6) is 0 Å². The molecule has 1 atom stereocenters. The minimum Gasteiger partial charge on any atom is -0.480 e. The van der Waals surface area contributed by atoms with Crippen molar-refractivity contribution in [2.24, 2.45) is 0 Å². The van der Waals surface area contributed by atoms with Crippen molar-refractivity contribution < 1.29 is 29.3 Å². The molecule has 0 rings (SSSR count). The molecule has 0 saturated carbocycles. The molecule has 0 bridgehead atoms. The Labute approximate surface area is 68.7 Å². The Bertz CT molecular complexity index is 147. The summed E-state index contributed by atoms with van der Waals surface area (Å²) in [6, 6.07) is 0. The van der Waals surface area contributed by atoms with Crippen molar-refractivity contribution in [1.82, 2.24) is 0 Å². The Morgan fingerprint density at radius 3 is 2.50 bits per heavy atom. The number of hydrogen-bond donors (Lipinski definition) is 2. The molecule has 0 aromatic heterocycles. The molecule has 0 aromatic carbocycles. The molecule has 0 saturated heterocycles. The van der Waals surface area contributed by atoms with Crippen molar-refractivity contribution >= 4 is 11.9 Å². The van der Waals surface area contributed by atoms with Gasteiger partial charge in [0.05, 0.1) is 0 Å². The summed E-state index contributed by atoms with van der Waals surface area (Å²) < 4.78 is 8.66. The summed E-state index contributed by atoms with van der Waals surface area (Å²) in [6.07, 6.45) is -1.38. The predicted octanol–water partition coefficient (Wildman–Crippen LogP) is -1.03. The highest BCUT2D eigenvalue weighted by molar-refractivity contribution is 5.68. The fraction of sp³-hybridized carbons (Fsp3) is 0.667. The van der Waals surface area contributed by atoms with Gasteiger partial charge >= 0.3 is 11.9 Å². The van der Waals surface area contributed by atoms with E-state index in [-0.39, 0.29) is 6.61 Å². The van der Waals surface area contributed by atoms with Gasteiger partial charge in [-0.2, -0.15) is 0 Å². The van der Waals surface area contributed by atoms with Gasteiger partial charge in [0.1, 0.15) is 13.2 Å². The fourth-order valence-corrected chi connectivity index (χ4v) is 0.404. The van der Waals surface area contributed by atoms with Gasteiger partial charge in [0.2, 0.25) is 0 Å². The first-order valence-electron chi connectivity index (χ1n) is 3.17. The first-order chi connectivity index (χ1) is 5.52. The van der Waals surface area contributed by atoms with Crippen molar-refractivity contribution in [2.45, 2.75) is 13.2 Å². The zero-order chi connectivity index (χ0) is 9.56. The average Bonchev–Trinajstić information content (AvgIpc) is 1.96. The van der Waals surface area contributed by atoms with E-state index in [4.69, 9.17) is 10.2 Å². The minimum absolute atomic E-state index is 0.359. The highest BCUT2D eigenvalue weighted by Gasteiger charge is 2.07. The monoisotopic (exact) mass is 178 g/mol. The van der Waals surface area contributed by atoms with E-state index in [1.165, 1.54) is 6.92 Å². The molecule has 0 heterocycles. The number of rotatable bonds is 5. The van der Waals surface area contributed by atoms with Gasteiger partial charge in [0.25, 0.3) is 0 Å². The van der Waals surface area contributed by atoms with E-state index in [0.717, 1.165) is 0 Å². The molecule has 0 radical (unpaired) electrons. The van der Waals surface area contributed by atoms with Crippen LogP contribution in [0.4, 0.5) is 0 Å². The number of carbonyl (C=O) groups is 2. The Balaban J connectivity index is 3.39. The molecule has 0 aromatic rings. The number of esters is 1. The van der Waals surface area contributed by atoms with Crippen LogP contribution in [-0.2, 0) is 19.1 Å². The van der Waals surface area contributed by atoms with Gasteiger partial charge < -0.3 is 19.7 Å². The van der Waals surface area contributed by atoms with E-state index < -0.39 is 24.8 Å². The Hall–Kier alpha value is -1.14. The Morgan fingerprint density at radius 2 is 2.08 bits per heavy atom. The first-order valence-corrected chi connectivity index (χ1v) is 3.17. The third-order valence-corrected chi connectivity index (χ3v) is 0.828. The molecule has 0 aliphatic carbocycles. The van der Waals surface area contributed by atoms with E-state index in [2.05, 4.69) is 9.47 Å². The molecule has 6 nitrogen and oxygen atoms in total. The molecular weight excluding hydrogens is 168 g/mol. The summed E-state index contributed by atoms with van der Waals surface area (Å²) in [5, 5.41) is 16.9. The maximum absolute atomic E-state index is 10.2. The standard InChI is InChI=1S/C6H10O6/c1-4(7)11-3-6(10)12-2-5(8)9/h6,10H,2-3H2,1H3,(H,8,9). The lowest BCUT2D eigenvalue weighted by molar-refractivity contribution is -0.172. The summed E-state index contributed by atoms with van der Waals surface area (Å²) in [5.74, 6) is -1.76. The molecule has 0 aliphatic rings. The maximum Gasteiger partial charge on any atom is 0.329 e. The van der Waals surface area contributed by atoms with Gasteiger partial charge in [-0.25, -0.2) is 4.79 Å². The smallest absolute Gasteiger partial charge is 0.329 e. The number of aliphatic hydroxyl groups excluding tert-OH is 1. The van der Waals surface area contributed by atoms with Gasteiger partial charge in [0.15, 0.2) is 6.29 Å². The zero-order valence-corrected chi connectivity index (χ0v) is 6.52. The number of carboxylic acids is 1. The van der Waals surface area contributed by atoms with Crippen molar-refractivity contribution in [3.63, 3.8) is 0 Å². The van der Waals surface area contributed by atoms with Crippen molar-refractivity contribution in [3.05, 3.63) is 0 Å². The maximum atomic E-state index is 10.2. The lowest BCUT2D eigenvalue weighted by Gasteiger charge is -2.09. The molecular formula is C6H10O6. The second-order valence-corrected chi connectivity index (χ2v) is 1.96. The molecule has 0 aliphatic heterocycles. The Kier molecular flexibility index (Phi) is 4.98. The van der Waals surface area contributed by atoms with E-state index in [1.807, 2.05) is 0 Å². The van der Waals surface area contributed by atoms with Gasteiger partial charge in [-0.05, 0) is 0 Å². The van der Waals surface area contributed by atoms with Crippen molar-refractivity contribution in [3.8, 4) is 0 Å². The zero-order valence-electron chi connectivity index (χ0n) is 6.52. The summed E-state index contributed by atoms with van der Waals surface area (Å²) >= 11 is 0. The van der Waals surface area contributed by atoms with Gasteiger partial charge in [-0.1, -0.05) is 0 Å². The summed E-state index contributed by atoms with van der Waals surface area (Å²) in [5.41, 5.74) is 0. The van der Waals surface area contributed by atoms with Crippen LogP contribution in [0.1, 0.15) is 6.92 Å². The highest BCUT2D eigenvalue weighted by atomic mass is 16.6. The molecule has 12 heavy (non-hydrogen) atoms. The van der Waals surface area contributed by atoms with Crippen LogP contribution in [0.2, 0.25) is 0 Å². The topological polar surface area (TPSA) is 93.1 Å². The second kappa shape index (κ2) is 5.50. The number of carbonyl (C=O) groups excluding carboxylic acids is 1. The number of aliphatic hydroxyl groups is 1. The third-order valence-electron chi connectivity index (χ3n) is 0.828. The summed E-state index contributed by atoms with van der Waals surface area (Å²) in [7, 11) is 0.